The van der Waals surface area contributed by atoms with Gasteiger partial charge in [-0.2, -0.15) is 0 Å². The first-order chi connectivity index (χ1) is 29.2. The number of aromatic nitrogens is 3. The summed E-state index contributed by atoms with van der Waals surface area (Å²) in [6.07, 6.45) is 0.974. The Morgan fingerprint density at radius 2 is 1.05 bits per heavy atom. The van der Waals surface area contributed by atoms with E-state index >= 15 is 0 Å². The van der Waals surface area contributed by atoms with Crippen molar-refractivity contribution in [3.63, 3.8) is 0 Å². The minimum Gasteiger partial charge on any atom is -0.278 e. The number of nitrogens with zero attached hydrogens (tertiary/aromatic N) is 3. The first kappa shape index (κ1) is 33.5. The summed E-state index contributed by atoms with van der Waals surface area (Å²) >= 11 is 0. The van der Waals surface area contributed by atoms with Gasteiger partial charge in [0.2, 0.25) is 5.95 Å². The number of benzene rings is 9. The van der Waals surface area contributed by atoms with Crippen LogP contribution in [-0.4, -0.2) is 14.5 Å². The Morgan fingerprint density at radius 3 is 1.88 bits per heavy atom. The normalized spacial score (nSPS) is 13.5. The summed E-state index contributed by atoms with van der Waals surface area (Å²) in [5.74, 6) is 0.946. The van der Waals surface area contributed by atoms with Crippen LogP contribution in [0.15, 0.2) is 206 Å². The minimum atomic E-state index is 0.282. The van der Waals surface area contributed by atoms with E-state index in [-0.39, 0.29) is 5.92 Å². The van der Waals surface area contributed by atoms with E-state index in [9.17, 15) is 0 Å². The molecule has 9 aromatic carbocycles. The fraction of sp³-hybridized carbons (Fsp3) is 0.0357. The van der Waals surface area contributed by atoms with Gasteiger partial charge in [-0.05, 0) is 104 Å². The van der Waals surface area contributed by atoms with Gasteiger partial charge >= 0.3 is 0 Å². The Labute approximate surface area is 342 Å². The van der Waals surface area contributed by atoms with Gasteiger partial charge < -0.3 is 0 Å². The highest BCUT2D eigenvalue weighted by atomic mass is 15.2. The van der Waals surface area contributed by atoms with Crippen LogP contribution in [-0.2, 0) is 6.42 Å². The standard InChI is InChI=1S/C56H37N3/c1-4-14-36(15-5-1)40-24-25-43-35-47(37-16-6-2-7-17-37)45-29-26-41(33-49(45)48(43)32-40)42-28-30-52-50(34-42)54-44-21-11-10-18-38(44)27-31-53(54)59(52)56-57-51-23-13-12-22-46(51)55(58-56)39-19-8-3-9-20-39/h1-34,47H,35H2. The molecule has 1 aliphatic carbocycles. The van der Waals surface area contributed by atoms with Crippen LogP contribution in [0.3, 0.4) is 0 Å². The molecule has 0 bridgehead atoms. The average molecular weight is 752 g/mol. The Bertz CT molecular complexity index is 3400. The molecule has 0 N–H and O–H groups in total. The highest BCUT2D eigenvalue weighted by molar-refractivity contribution is 6.22. The van der Waals surface area contributed by atoms with Gasteiger partial charge in [-0.15, -0.1) is 0 Å². The maximum absolute atomic E-state index is 5.36. The third-order valence-corrected chi connectivity index (χ3v) is 12.4. The predicted molar refractivity (Wildman–Crippen MR) is 245 cm³/mol. The van der Waals surface area contributed by atoms with E-state index < -0.39 is 0 Å². The highest BCUT2D eigenvalue weighted by Gasteiger charge is 2.27. The summed E-state index contributed by atoms with van der Waals surface area (Å²) < 4.78 is 2.26. The first-order valence-electron chi connectivity index (χ1n) is 20.4. The molecule has 0 saturated carbocycles. The van der Waals surface area contributed by atoms with Crippen molar-refractivity contribution in [1.29, 1.82) is 0 Å². The highest BCUT2D eigenvalue weighted by Crippen LogP contribution is 2.46. The van der Waals surface area contributed by atoms with Crippen LogP contribution >= 0.6 is 0 Å². The maximum Gasteiger partial charge on any atom is 0.235 e. The van der Waals surface area contributed by atoms with Gasteiger partial charge in [-0.3, -0.25) is 4.57 Å². The van der Waals surface area contributed by atoms with E-state index in [1.165, 1.54) is 71.6 Å². The lowest BCUT2D eigenvalue weighted by Crippen LogP contribution is -2.13. The number of rotatable bonds is 5. The van der Waals surface area contributed by atoms with Crippen molar-refractivity contribution in [3.05, 3.63) is 223 Å². The van der Waals surface area contributed by atoms with Crippen LogP contribution in [0.2, 0.25) is 0 Å². The molecule has 276 valence electrons. The van der Waals surface area contributed by atoms with E-state index in [1.807, 2.05) is 6.07 Å². The Morgan fingerprint density at radius 1 is 0.424 bits per heavy atom. The van der Waals surface area contributed by atoms with E-state index in [0.29, 0.717) is 5.95 Å². The zero-order valence-corrected chi connectivity index (χ0v) is 32.3. The minimum absolute atomic E-state index is 0.282. The smallest absolute Gasteiger partial charge is 0.235 e. The van der Waals surface area contributed by atoms with Crippen LogP contribution in [0, 0.1) is 0 Å². The third-order valence-electron chi connectivity index (χ3n) is 12.4. The molecular weight excluding hydrogens is 715 g/mol. The molecule has 2 aromatic heterocycles. The third kappa shape index (κ3) is 5.50. The topological polar surface area (TPSA) is 30.7 Å². The van der Waals surface area contributed by atoms with Gasteiger partial charge in [-0.25, -0.2) is 9.97 Å². The van der Waals surface area contributed by atoms with E-state index in [1.54, 1.807) is 0 Å². The molecule has 0 saturated heterocycles. The molecule has 1 atom stereocenters. The van der Waals surface area contributed by atoms with Crippen LogP contribution in [0.4, 0.5) is 0 Å². The quantitative estimate of drug-likeness (QED) is 0.175. The number of hydrogen-bond acceptors (Lipinski definition) is 2. The van der Waals surface area contributed by atoms with Gasteiger partial charge in [0.1, 0.15) is 0 Å². The van der Waals surface area contributed by atoms with Crippen molar-refractivity contribution in [2.75, 3.05) is 0 Å². The van der Waals surface area contributed by atoms with Gasteiger partial charge in [-0.1, -0.05) is 170 Å². The zero-order valence-electron chi connectivity index (χ0n) is 32.3. The molecule has 1 aliphatic rings. The second-order valence-corrected chi connectivity index (χ2v) is 15.7. The lowest BCUT2D eigenvalue weighted by Gasteiger charge is -2.29. The lowest BCUT2D eigenvalue weighted by molar-refractivity contribution is 0.794. The zero-order chi connectivity index (χ0) is 38.9. The van der Waals surface area contributed by atoms with E-state index in [4.69, 9.17) is 9.97 Å². The van der Waals surface area contributed by atoms with Crippen LogP contribution in [0.5, 0.6) is 0 Å². The van der Waals surface area contributed by atoms with Gasteiger partial charge in [0.05, 0.1) is 22.2 Å². The summed E-state index contributed by atoms with van der Waals surface area (Å²) in [5, 5.41) is 5.85. The first-order valence-corrected chi connectivity index (χ1v) is 20.4. The summed E-state index contributed by atoms with van der Waals surface area (Å²) in [6, 6.07) is 74.8. The SMILES string of the molecule is c1ccc(-c2ccc3c(c2)-c2cc(-c4ccc5c(c4)c4c6ccccc6ccc4n5-c4nc(-c5ccccc5)c5ccccc5n4)ccc2C(c2ccccc2)C3)cc1. The maximum atomic E-state index is 5.36. The predicted octanol–water partition coefficient (Wildman–Crippen LogP) is 14.2. The number of hydrogen-bond donors (Lipinski definition) is 0. The van der Waals surface area contributed by atoms with Crippen LogP contribution in [0.1, 0.15) is 22.6 Å². The van der Waals surface area contributed by atoms with Crippen molar-refractivity contribution in [2.24, 2.45) is 0 Å². The number of fused-ring (bicyclic) bond motifs is 9. The monoisotopic (exact) mass is 751 g/mol. The molecule has 0 aliphatic heterocycles. The van der Waals surface area contributed by atoms with Crippen molar-refractivity contribution >= 4 is 43.5 Å². The molecule has 59 heavy (non-hydrogen) atoms. The molecule has 3 nitrogen and oxygen atoms in total. The van der Waals surface area contributed by atoms with Crippen molar-refractivity contribution < 1.29 is 0 Å². The molecule has 0 radical (unpaired) electrons. The van der Waals surface area contributed by atoms with Crippen molar-refractivity contribution in [3.8, 4) is 50.6 Å². The molecule has 0 fully saturated rings. The molecule has 12 rings (SSSR count). The summed E-state index contributed by atoms with van der Waals surface area (Å²) in [6.45, 7) is 0. The molecule has 0 amide bonds. The van der Waals surface area contributed by atoms with E-state index in [0.717, 1.165) is 39.6 Å². The van der Waals surface area contributed by atoms with Crippen LogP contribution in [0.25, 0.3) is 94.1 Å². The van der Waals surface area contributed by atoms with Crippen molar-refractivity contribution in [1.82, 2.24) is 14.5 Å². The summed E-state index contributed by atoms with van der Waals surface area (Å²) in [4.78, 5) is 10.6. The molecule has 3 heteroatoms. The Hall–Kier alpha value is -7.62. The van der Waals surface area contributed by atoms with Gasteiger partial charge in [0.15, 0.2) is 0 Å². The van der Waals surface area contributed by atoms with Crippen LogP contribution < -0.4 is 0 Å². The van der Waals surface area contributed by atoms with Gasteiger partial charge in [0, 0.05) is 27.6 Å². The molecular formula is C56H37N3. The van der Waals surface area contributed by atoms with E-state index in [2.05, 4.69) is 205 Å². The van der Waals surface area contributed by atoms with Crippen molar-refractivity contribution in [2.45, 2.75) is 12.3 Å². The average Bonchev–Trinajstić information content (AvgIpc) is 3.65. The summed E-state index contributed by atoms with van der Waals surface area (Å²) in [7, 11) is 0. The Balaban J connectivity index is 1.08. The second kappa shape index (κ2) is 13.5. The Kier molecular flexibility index (Phi) is 7.67. The molecule has 11 aromatic rings. The molecule has 1 unspecified atom stereocenters. The lowest BCUT2D eigenvalue weighted by atomic mass is 9.74. The summed E-state index contributed by atoms with van der Waals surface area (Å²) in [5.41, 5.74) is 16.7. The number of para-hydroxylation sites is 1. The van der Waals surface area contributed by atoms with Gasteiger partial charge in [0.25, 0.3) is 0 Å². The fourth-order valence-electron chi connectivity index (χ4n) is 9.57. The molecule has 2 heterocycles. The fourth-order valence-corrected chi connectivity index (χ4v) is 9.57. The largest absolute Gasteiger partial charge is 0.278 e. The molecule has 0 spiro atoms. The second-order valence-electron chi connectivity index (χ2n) is 15.7.